The molecule has 0 saturated carbocycles. The third kappa shape index (κ3) is 2.66. The van der Waals surface area contributed by atoms with E-state index in [0.717, 1.165) is 5.56 Å². The highest BCUT2D eigenvalue weighted by Crippen LogP contribution is 2.16. The van der Waals surface area contributed by atoms with Gasteiger partial charge in [-0.05, 0) is 23.8 Å². The Kier molecular flexibility index (Phi) is 3.16. The van der Waals surface area contributed by atoms with Crippen LogP contribution in [0, 0.1) is 0 Å². The van der Waals surface area contributed by atoms with E-state index in [-0.39, 0.29) is 4.90 Å². The van der Waals surface area contributed by atoms with Gasteiger partial charge in [0, 0.05) is 24.6 Å². The molecule has 17 heavy (non-hydrogen) atoms. The van der Waals surface area contributed by atoms with Gasteiger partial charge < -0.3 is 10.7 Å². The van der Waals surface area contributed by atoms with Crippen molar-refractivity contribution in [1.82, 2.24) is 4.98 Å². The molecule has 0 spiro atoms. The molecule has 1 aromatic carbocycles. The number of aromatic nitrogens is 1. The van der Waals surface area contributed by atoms with Crippen molar-refractivity contribution >= 4 is 15.7 Å². The summed E-state index contributed by atoms with van der Waals surface area (Å²) in [5.41, 5.74) is 6.88. The highest BCUT2D eigenvalue weighted by atomic mass is 32.2. The summed E-state index contributed by atoms with van der Waals surface area (Å²) >= 11 is 0. The monoisotopic (exact) mass is 251 g/mol. The number of nitrogens with two attached hydrogens (primary N) is 1. The van der Waals surface area contributed by atoms with Crippen LogP contribution in [0.3, 0.4) is 0 Å². The molecule has 0 unspecified atom stereocenters. The fraction of sp³-hybridized carbons (Fsp3) is 0.0909. The number of hydrogen-bond acceptors (Lipinski definition) is 3. The highest BCUT2D eigenvalue weighted by Gasteiger charge is 2.14. The summed E-state index contributed by atoms with van der Waals surface area (Å²) in [6.45, 7) is 0.375. The lowest BCUT2D eigenvalue weighted by atomic mass is 10.2. The van der Waals surface area contributed by atoms with E-state index in [1.54, 1.807) is 24.4 Å². The highest BCUT2D eigenvalue weighted by molar-refractivity contribution is 7.92. The Morgan fingerprint density at radius 2 is 2.12 bits per heavy atom. The van der Waals surface area contributed by atoms with Crippen molar-refractivity contribution in [3.63, 3.8) is 0 Å². The van der Waals surface area contributed by atoms with Gasteiger partial charge in [-0.15, -0.1) is 0 Å². The summed E-state index contributed by atoms with van der Waals surface area (Å²) in [6, 6.07) is 8.49. The first-order valence-corrected chi connectivity index (χ1v) is 6.55. The lowest BCUT2D eigenvalue weighted by Gasteiger charge is -2.07. The molecule has 0 atom stereocenters. The van der Waals surface area contributed by atoms with Crippen molar-refractivity contribution in [3.05, 3.63) is 48.3 Å². The Morgan fingerprint density at radius 3 is 2.76 bits per heavy atom. The molecule has 90 valence electrons. The number of nitrogens with one attached hydrogen (secondary N) is 2. The molecule has 0 aliphatic heterocycles. The summed E-state index contributed by atoms with van der Waals surface area (Å²) < 4.78 is 26.3. The van der Waals surface area contributed by atoms with E-state index < -0.39 is 10.0 Å². The fourth-order valence-electron chi connectivity index (χ4n) is 1.45. The standard InChI is InChI=1S/C11H13N3O2S/c12-7-9-2-1-3-10(6-9)14-17(15,16)11-4-5-13-8-11/h1-6,8,13-14H,7,12H2. The molecule has 0 fully saturated rings. The molecule has 6 heteroatoms. The predicted molar refractivity (Wildman–Crippen MR) is 65.9 cm³/mol. The van der Waals surface area contributed by atoms with Crippen molar-refractivity contribution in [2.45, 2.75) is 11.4 Å². The van der Waals surface area contributed by atoms with E-state index in [0.29, 0.717) is 12.2 Å². The van der Waals surface area contributed by atoms with E-state index >= 15 is 0 Å². The Balaban J connectivity index is 2.26. The van der Waals surface area contributed by atoms with E-state index in [2.05, 4.69) is 9.71 Å². The van der Waals surface area contributed by atoms with Crippen molar-refractivity contribution in [1.29, 1.82) is 0 Å². The summed E-state index contributed by atoms with van der Waals surface area (Å²) in [7, 11) is -3.52. The zero-order valence-corrected chi connectivity index (χ0v) is 9.87. The second kappa shape index (κ2) is 4.60. The molecule has 0 radical (unpaired) electrons. The Bertz CT molecular complexity index is 591. The Hall–Kier alpha value is -1.79. The minimum Gasteiger partial charge on any atom is -0.366 e. The molecule has 1 aromatic heterocycles. The number of sulfonamides is 1. The maximum absolute atomic E-state index is 11.9. The molecule has 0 aliphatic carbocycles. The average Bonchev–Trinajstić information content (AvgIpc) is 2.83. The van der Waals surface area contributed by atoms with Crippen LogP contribution in [0.15, 0.2) is 47.6 Å². The Morgan fingerprint density at radius 1 is 1.29 bits per heavy atom. The first-order chi connectivity index (χ1) is 8.12. The number of H-pyrrole nitrogens is 1. The average molecular weight is 251 g/mol. The van der Waals surface area contributed by atoms with Gasteiger partial charge in [0.2, 0.25) is 0 Å². The first kappa shape index (κ1) is 11.7. The number of anilines is 1. The maximum atomic E-state index is 11.9. The third-order valence-electron chi connectivity index (χ3n) is 2.29. The fourth-order valence-corrected chi connectivity index (χ4v) is 2.48. The van der Waals surface area contributed by atoms with Crippen molar-refractivity contribution in [3.8, 4) is 0 Å². The molecule has 0 amide bonds. The molecule has 5 nitrogen and oxygen atoms in total. The number of hydrogen-bond donors (Lipinski definition) is 3. The number of aromatic amines is 1. The SMILES string of the molecule is NCc1cccc(NS(=O)(=O)c2cc[nH]c2)c1. The van der Waals surface area contributed by atoms with Crippen LogP contribution in [0.2, 0.25) is 0 Å². The van der Waals surface area contributed by atoms with Crippen molar-refractivity contribution in [2.24, 2.45) is 5.73 Å². The van der Waals surface area contributed by atoms with Crippen LogP contribution in [0.1, 0.15) is 5.56 Å². The largest absolute Gasteiger partial charge is 0.366 e. The van der Waals surface area contributed by atoms with Crippen molar-refractivity contribution < 1.29 is 8.42 Å². The van der Waals surface area contributed by atoms with Gasteiger partial charge in [0.15, 0.2) is 0 Å². The first-order valence-electron chi connectivity index (χ1n) is 5.06. The smallest absolute Gasteiger partial charge is 0.263 e. The molecular formula is C11H13N3O2S. The van der Waals surface area contributed by atoms with Gasteiger partial charge in [0.05, 0.1) is 0 Å². The Labute approximate surface area is 99.7 Å². The molecule has 0 saturated heterocycles. The normalized spacial score (nSPS) is 11.4. The van der Waals surface area contributed by atoms with Gasteiger partial charge in [-0.1, -0.05) is 12.1 Å². The molecular weight excluding hydrogens is 238 g/mol. The van der Waals surface area contributed by atoms with E-state index in [9.17, 15) is 8.42 Å². The predicted octanol–water partition coefficient (Wildman–Crippen LogP) is 1.27. The maximum Gasteiger partial charge on any atom is 0.263 e. The molecule has 4 N–H and O–H groups in total. The van der Waals surface area contributed by atoms with Gasteiger partial charge in [-0.3, -0.25) is 4.72 Å². The molecule has 1 heterocycles. The summed E-state index contributed by atoms with van der Waals surface area (Å²) in [5, 5.41) is 0. The van der Waals surface area contributed by atoms with Gasteiger partial charge in [0.25, 0.3) is 10.0 Å². The van der Waals surface area contributed by atoms with Crippen LogP contribution in [0.5, 0.6) is 0 Å². The van der Waals surface area contributed by atoms with Crippen LogP contribution in [-0.4, -0.2) is 13.4 Å². The van der Waals surface area contributed by atoms with E-state index in [4.69, 9.17) is 5.73 Å². The summed E-state index contributed by atoms with van der Waals surface area (Å²) in [4.78, 5) is 2.91. The quantitative estimate of drug-likeness (QED) is 0.764. The van der Waals surface area contributed by atoms with Gasteiger partial charge >= 0.3 is 0 Å². The van der Waals surface area contributed by atoms with Crippen LogP contribution >= 0.6 is 0 Å². The molecule has 0 bridgehead atoms. The summed E-state index contributed by atoms with van der Waals surface area (Å²) in [6.07, 6.45) is 2.99. The lowest BCUT2D eigenvalue weighted by Crippen LogP contribution is -2.12. The molecule has 0 aliphatic rings. The lowest BCUT2D eigenvalue weighted by molar-refractivity contribution is 0.601. The van der Waals surface area contributed by atoms with Gasteiger partial charge in [-0.25, -0.2) is 8.42 Å². The summed E-state index contributed by atoms with van der Waals surface area (Å²) in [5.74, 6) is 0. The van der Waals surface area contributed by atoms with Gasteiger partial charge in [-0.2, -0.15) is 0 Å². The molecule has 2 aromatic rings. The van der Waals surface area contributed by atoms with E-state index in [1.807, 2.05) is 6.07 Å². The second-order valence-electron chi connectivity index (χ2n) is 3.56. The van der Waals surface area contributed by atoms with Gasteiger partial charge in [0.1, 0.15) is 4.90 Å². The minimum atomic E-state index is -3.52. The number of rotatable bonds is 4. The zero-order valence-electron chi connectivity index (χ0n) is 9.05. The minimum absolute atomic E-state index is 0.204. The topological polar surface area (TPSA) is 88.0 Å². The van der Waals surface area contributed by atoms with E-state index in [1.165, 1.54) is 12.3 Å². The number of benzene rings is 1. The third-order valence-corrected chi connectivity index (χ3v) is 3.67. The molecule has 2 rings (SSSR count). The van der Waals surface area contributed by atoms with Crippen LogP contribution in [-0.2, 0) is 16.6 Å². The van der Waals surface area contributed by atoms with Crippen LogP contribution in [0.4, 0.5) is 5.69 Å². The second-order valence-corrected chi connectivity index (χ2v) is 5.24. The van der Waals surface area contributed by atoms with Crippen LogP contribution < -0.4 is 10.5 Å². The van der Waals surface area contributed by atoms with Crippen LogP contribution in [0.25, 0.3) is 0 Å². The van der Waals surface area contributed by atoms with Crippen molar-refractivity contribution in [2.75, 3.05) is 4.72 Å². The zero-order chi connectivity index (χ0) is 12.3.